The Hall–Kier alpha value is -1.86. The van der Waals surface area contributed by atoms with Gasteiger partial charge in [0.2, 0.25) is 11.7 Å². The largest absolute Gasteiger partial charge is 0.496 e. The normalized spacial score (nSPS) is 10.5. The Balaban J connectivity index is 2.38. The fraction of sp³-hybridized carbons (Fsp3) is 0.333. The van der Waals surface area contributed by atoms with E-state index >= 15 is 0 Å². The maximum Gasteiger partial charge on any atom is 0.376 e. The lowest BCUT2D eigenvalue weighted by Crippen LogP contribution is -2.04. The zero-order valence-electron chi connectivity index (χ0n) is 10.8. The highest BCUT2D eigenvalue weighted by molar-refractivity contribution is 7.13. The second kappa shape index (κ2) is 5.85. The number of thiophene rings is 1. The molecule has 6 nitrogen and oxygen atoms in total. The average Bonchev–Trinajstić information content (AvgIpc) is 3.04. The third-order valence-electron chi connectivity index (χ3n) is 2.37. The monoisotopic (exact) mass is 283 g/mol. The number of hydrogen-bond acceptors (Lipinski definition) is 7. The second-order valence-corrected chi connectivity index (χ2v) is 4.48. The first-order valence-electron chi connectivity index (χ1n) is 5.39. The van der Waals surface area contributed by atoms with Crippen LogP contribution >= 0.6 is 11.3 Å². The van der Waals surface area contributed by atoms with Crippen molar-refractivity contribution in [2.45, 2.75) is 6.61 Å². The Labute approximate surface area is 113 Å². The van der Waals surface area contributed by atoms with Crippen LogP contribution in [0.1, 0.15) is 16.2 Å². The van der Waals surface area contributed by atoms with Crippen LogP contribution in [0.15, 0.2) is 15.9 Å². The lowest BCUT2D eigenvalue weighted by molar-refractivity contribution is 0.0559. The van der Waals surface area contributed by atoms with Crippen LogP contribution in [0.25, 0.3) is 10.8 Å². The summed E-state index contributed by atoms with van der Waals surface area (Å²) in [4.78, 5) is 16.6. The first-order valence-corrected chi connectivity index (χ1v) is 6.27. The number of hydrogen-bond donors (Lipinski definition) is 0. The van der Waals surface area contributed by atoms with Gasteiger partial charge in [-0.1, -0.05) is 0 Å². The van der Waals surface area contributed by atoms with E-state index in [0.29, 0.717) is 17.3 Å². The summed E-state index contributed by atoms with van der Waals surface area (Å²) in [6.45, 7) is 0.177. The minimum atomic E-state index is -0.575. The van der Waals surface area contributed by atoms with E-state index in [9.17, 15) is 4.79 Å². The molecule has 0 radical (unpaired) electrons. The number of oxazole rings is 1. The third kappa shape index (κ3) is 2.77. The molecule has 0 saturated carbocycles. The summed E-state index contributed by atoms with van der Waals surface area (Å²) in [5, 5.41) is 1.83. The van der Waals surface area contributed by atoms with Gasteiger partial charge in [-0.25, -0.2) is 9.78 Å². The Bertz CT molecular complexity index is 574. The smallest absolute Gasteiger partial charge is 0.376 e. The van der Waals surface area contributed by atoms with Crippen molar-refractivity contribution in [1.29, 1.82) is 0 Å². The molecule has 0 aliphatic carbocycles. The summed E-state index contributed by atoms with van der Waals surface area (Å²) in [5.41, 5.74) is 0.414. The zero-order valence-corrected chi connectivity index (χ0v) is 11.6. The molecular formula is C12H13NO5S. The number of esters is 1. The number of nitrogens with zero attached hydrogens (tertiary/aromatic N) is 1. The highest BCUT2D eigenvalue weighted by atomic mass is 32.1. The molecule has 0 aromatic carbocycles. The predicted octanol–water partition coefficient (Wildman–Crippen LogP) is 2.34. The van der Waals surface area contributed by atoms with Crippen molar-refractivity contribution in [3.8, 4) is 16.5 Å². The van der Waals surface area contributed by atoms with Crippen LogP contribution in [0, 0.1) is 0 Å². The molecule has 102 valence electrons. The maximum absolute atomic E-state index is 11.6. The Morgan fingerprint density at radius 1 is 1.42 bits per heavy atom. The molecule has 0 spiro atoms. The molecule has 19 heavy (non-hydrogen) atoms. The van der Waals surface area contributed by atoms with Gasteiger partial charge in [0.25, 0.3) is 0 Å². The zero-order chi connectivity index (χ0) is 13.8. The lowest BCUT2D eigenvalue weighted by atomic mass is 10.3. The van der Waals surface area contributed by atoms with E-state index in [4.69, 9.17) is 13.9 Å². The summed E-state index contributed by atoms with van der Waals surface area (Å²) in [6.07, 6.45) is 0. The van der Waals surface area contributed by atoms with Crippen molar-refractivity contribution in [3.63, 3.8) is 0 Å². The van der Waals surface area contributed by atoms with E-state index in [-0.39, 0.29) is 12.4 Å². The SMILES string of the molecule is COCc1nc(-c2cc(OC)cs2)oc1C(=O)OC. The summed E-state index contributed by atoms with van der Waals surface area (Å²) < 4.78 is 20.2. The maximum atomic E-state index is 11.6. The van der Waals surface area contributed by atoms with Gasteiger partial charge in [-0.3, -0.25) is 0 Å². The van der Waals surface area contributed by atoms with Crippen molar-refractivity contribution in [1.82, 2.24) is 4.98 Å². The minimum Gasteiger partial charge on any atom is -0.496 e. The van der Waals surface area contributed by atoms with Crippen molar-refractivity contribution in [3.05, 3.63) is 22.9 Å². The molecule has 7 heteroatoms. The van der Waals surface area contributed by atoms with E-state index in [1.807, 2.05) is 5.38 Å². The van der Waals surface area contributed by atoms with Crippen molar-refractivity contribution in [2.24, 2.45) is 0 Å². The first-order chi connectivity index (χ1) is 9.19. The second-order valence-electron chi connectivity index (χ2n) is 3.57. The molecular weight excluding hydrogens is 270 g/mol. The van der Waals surface area contributed by atoms with Gasteiger partial charge in [0, 0.05) is 18.6 Å². The van der Waals surface area contributed by atoms with Crippen molar-refractivity contribution in [2.75, 3.05) is 21.3 Å². The number of methoxy groups -OCH3 is 3. The van der Waals surface area contributed by atoms with E-state index < -0.39 is 5.97 Å². The highest BCUT2D eigenvalue weighted by Gasteiger charge is 2.22. The molecule has 2 heterocycles. The molecule has 0 fully saturated rings. The van der Waals surface area contributed by atoms with Crippen LogP contribution in [-0.2, 0) is 16.1 Å². The first kappa shape index (κ1) is 13.6. The fourth-order valence-electron chi connectivity index (χ4n) is 1.48. The topological polar surface area (TPSA) is 70.8 Å². The van der Waals surface area contributed by atoms with E-state index in [1.54, 1.807) is 13.2 Å². The fourth-order valence-corrected chi connectivity index (χ4v) is 2.26. The highest BCUT2D eigenvalue weighted by Crippen LogP contribution is 2.32. The molecule has 0 N–H and O–H groups in total. The number of aromatic nitrogens is 1. The molecule has 2 aromatic heterocycles. The van der Waals surface area contributed by atoms with Crippen LogP contribution in [0.5, 0.6) is 5.75 Å². The van der Waals surface area contributed by atoms with Crippen molar-refractivity contribution < 1.29 is 23.4 Å². The molecule has 0 atom stereocenters. The van der Waals surface area contributed by atoms with E-state index in [0.717, 1.165) is 4.88 Å². The van der Waals surface area contributed by atoms with Gasteiger partial charge in [0.15, 0.2) is 0 Å². The molecule has 0 bridgehead atoms. The molecule has 2 aromatic rings. The molecule has 0 saturated heterocycles. The van der Waals surface area contributed by atoms with Gasteiger partial charge in [-0.2, -0.15) is 0 Å². The molecule has 2 rings (SSSR count). The van der Waals surface area contributed by atoms with E-state index in [2.05, 4.69) is 9.72 Å². The van der Waals surface area contributed by atoms with Crippen LogP contribution in [0.3, 0.4) is 0 Å². The van der Waals surface area contributed by atoms with Gasteiger partial charge in [-0.05, 0) is 0 Å². The molecule has 0 aliphatic rings. The lowest BCUT2D eigenvalue weighted by Gasteiger charge is -1.96. The van der Waals surface area contributed by atoms with E-state index in [1.165, 1.54) is 25.6 Å². The number of rotatable bonds is 5. The standard InChI is InChI=1S/C12H13NO5S/c1-15-5-8-10(12(14)17-3)18-11(13-8)9-4-7(16-2)6-19-9/h4,6H,5H2,1-3H3. The quantitative estimate of drug-likeness (QED) is 0.784. The number of carbonyl (C=O) groups is 1. The predicted molar refractivity (Wildman–Crippen MR) is 68.4 cm³/mol. The van der Waals surface area contributed by atoms with Crippen LogP contribution in [-0.4, -0.2) is 32.3 Å². The third-order valence-corrected chi connectivity index (χ3v) is 3.27. The van der Waals surface area contributed by atoms with Crippen molar-refractivity contribution >= 4 is 17.3 Å². The Kier molecular flexibility index (Phi) is 4.18. The number of carbonyl (C=O) groups excluding carboxylic acids is 1. The van der Waals surface area contributed by atoms with Gasteiger partial charge in [0.1, 0.15) is 11.4 Å². The van der Waals surface area contributed by atoms with Crippen LogP contribution in [0.2, 0.25) is 0 Å². The number of ether oxygens (including phenoxy) is 3. The summed E-state index contributed by atoms with van der Waals surface area (Å²) >= 11 is 1.41. The summed E-state index contributed by atoms with van der Waals surface area (Å²) in [6, 6.07) is 1.79. The van der Waals surface area contributed by atoms with Gasteiger partial charge < -0.3 is 18.6 Å². The minimum absolute atomic E-state index is 0.0618. The van der Waals surface area contributed by atoms with Gasteiger partial charge in [-0.15, -0.1) is 11.3 Å². The van der Waals surface area contributed by atoms with Gasteiger partial charge >= 0.3 is 5.97 Å². The van der Waals surface area contributed by atoms with Gasteiger partial charge in [0.05, 0.1) is 25.7 Å². The molecule has 0 unspecified atom stereocenters. The average molecular weight is 283 g/mol. The van der Waals surface area contributed by atoms with Crippen LogP contribution in [0.4, 0.5) is 0 Å². The van der Waals surface area contributed by atoms with Crippen LogP contribution < -0.4 is 4.74 Å². The molecule has 0 aliphatic heterocycles. The molecule has 0 amide bonds. The summed E-state index contributed by atoms with van der Waals surface area (Å²) in [5.74, 6) is 0.549. The Morgan fingerprint density at radius 2 is 2.21 bits per heavy atom. The summed E-state index contributed by atoms with van der Waals surface area (Å²) in [7, 11) is 4.39. The Morgan fingerprint density at radius 3 is 2.79 bits per heavy atom.